The van der Waals surface area contributed by atoms with E-state index in [1.54, 1.807) is 4.68 Å². The van der Waals surface area contributed by atoms with Gasteiger partial charge >= 0.3 is 0 Å². The molecule has 66 valence electrons. The van der Waals surface area contributed by atoms with Gasteiger partial charge in [-0.1, -0.05) is 6.07 Å². The van der Waals surface area contributed by atoms with Crippen LogP contribution in [0, 0.1) is 0 Å². The van der Waals surface area contributed by atoms with E-state index in [4.69, 9.17) is 5.84 Å². The molecule has 0 aliphatic rings. The summed E-state index contributed by atoms with van der Waals surface area (Å²) in [6.45, 7) is 0. The third-order valence-corrected chi connectivity index (χ3v) is 1.63. The normalized spacial score (nSPS) is 9.92. The fourth-order valence-corrected chi connectivity index (χ4v) is 1.02. The summed E-state index contributed by atoms with van der Waals surface area (Å²) < 4.78 is 1.56. The Labute approximate surface area is 74.3 Å². The number of rotatable bonds is 2. The van der Waals surface area contributed by atoms with Gasteiger partial charge in [0.25, 0.3) is 0 Å². The van der Waals surface area contributed by atoms with Crippen LogP contribution in [0.3, 0.4) is 0 Å². The van der Waals surface area contributed by atoms with Gasteiger partial charge in [-0.2, -0.15) is 0 Å². The molecule has 0 saturated carbocycles. The smallest absolute Gasteiger partial charge is 0.143 e. The molecule has 0 amide bonds. The molecule has 2 aromatic rings. The third kappa shape index (κ3) is 1.47. The van der Waals surface area contributed by atoms with E-state index in [1.165, 1.54) is 6.33 Å². The second-order valence-electron chi connectivity index (χ2n) is 2.45. The van der Waals surface area contributed by atoms with E-state index in [0.717, 1.165) is 11.4 Å². The van der Waals surface area contributed by atoms with Crippen molar-refractivity contribution in [2.75, 3.05) is 5.43 Å². The summed E-state index contributed by atoms with van der Waals surface area (Å²) in [7, 11) is 0. The molecule has 0 aliphatic carbocycles. The van der Waals surface area contributed by atoms with E-state index in [9.17, 15) is 0 Å². The maximum absolute atomic E-state index is 5.26. The zero-order chi connectivity index (χ0) is 9.10. The lowest BCUT2D eigenvalue weighted by Gasteiger charge is -2.02. The predicted octanol–water partition coefficient (Wildman–Crippen LogP) is -0.0521. The van der Waals surface area contributed by atoms with Crippen molar-refractivity contribution >= 4 is 5.69 Å². The Kier molecular flexibility index (Phi) is 1.89. The highest BCUT2D eigenvalue weighted by Gasteiger charge is 1.97. The first-order chi connectivity index (χ1) is 6.40. The quantitative estimate of drug-likeness (QED) is 0.495. The Hall–Kier alpha value is -1.95. The number of hydrazine groups is 1. The highest BCUT2D eigenvalue weighted by molar-refractivity contribution is 5.49. The van der Waals surface area contributed by atoms with Crippen LogP contribution in [0.1, 0.15) is 0 Å². The zero-order valence-electron chi connectivity index (χ0n) is 6.75. The van der Waals surface area contributed by atoms with E-state index in [-0.39, 0.29) is 0 Å². The van der Waals surface area contributed by atoms with Crippen molar-refractivity contribution in [2.45, 2.75) is 0 Å². The molecule has 0 radical (unpaired) electrons. The molecule has 0 unspecified atom stereocenters. The molecule has 1 aromatic heterocycles. The summed E-state index contributed by atoms with van der Waals surface area (Å²) in [5.74, 6) is 5.26. The first-order valence-electron chi connectivity index (χ1n) is 3.70. The van der Waals surface area contributed by atoms with Gasteiger partial charge in [-0.05, 0) is 28.6 Å². The largest absolute Gasteiger partial charge is 0.324 e. The summed E-state index contributed by atoms with van der Waals surface area (Å²) in [5, 5.41) is 10.8. The van der Waals surface area contributed by atoms with Crippen LogP contribution in [0.15, 0.2) is 30.6 Å². The van der Waals surface area contributed by atoms with Crippen LogP contribution in [0.25, 0.3) is 5.69 Å². The van der Waals surface area contributed by atoms with Crippen LogP contribution >= 0.6 is 0 Å². The molecule has 3 N–H and O–H groups in total. The van der Waals surface area contributed by atoms with Gasteiger partial charge in [-0.25, -0.2) is 4.68 Å². The first kappa shape index (κ1) is 7.69. The number of anilines is 1. The van der Waals surface area contributed by atoms with E-state index in [1.807, 2.05) is 24.3 Å². The minimum atomic E-state index is 0.813. The molecule has 0 spiro atoms. The number of tetrazole rings is 1. The fraction of sp³-hybridized carbons (Fsp3) is 0. The predicted molar refractivity (Wildman–Crippen MR) is 47.0 cm³/mol. The summed E-state index contributed by atoms with van der Waals surface area (Å²) >= 11 is 0. The number of nitrogen functional groups attached to an aromatic ring is 1. The Morgan fingerprint density at radius 1 is 1.38 bits per heavy atom. The molecule has 1 aromatic carbocycles. The standard InChI is InChI=1S/C7H8N6/c8-10-6-2-1-3-7(4-6)13-5-9-11-12-13/h1-5,10H,8H2. The Balaban J connectivity index is 2.41. The SMILES string of the molecule is NNc1cccc(-n2cnnn2)c1. The monoisotopic (exact) mass is 176 g/mol. The van der Waals surface area contributed by atoms with Crippen molar-refractivity contribution in [1.29, 1.82) is 0 Å². The molecule has 0 bridgehead atoms. The van der Waals surface area contributed by atoms with Crippen LogP contribution in [-0.2, 0) is 0 Å². The van der Waals surface area contributed by atoms with Crippen LogP contribution in [-0.4, -0.2) is 20.2 Å². The van der Waals surface area contributed by atoms with Gasteiger partial charge < -0.3 is 5.43 Å². The van der Waals surface area contributed by atoms with Crippen LogP contribution in [0.4, 0.5) is 5.69 Å². The summed E-state index contributed by atoms with van der Waals surface area (Å²) in [4.78, 5) is 0. The van der Waals surface area contributed by atoms with Crippen LogP contribution in [0.2, 0.25) is 0 Å². The van der Waals surface area contributed by atoms with Gasteiger partial charge in [0.05, 0.1) is 11.4 Å². The average Bonchev–Trinajstić information content (AvgIpc) is 2.71. The third-order valence-electron chi connectivity index (χ3n) is 1.63. The van der Waals surface area contributed by atoms with Crippen molar-refractivity contribution in [3.63, 3.8) is 0 Å². The minimum absolute atomic E-state index is 0.813. The summed E-state index contributed by atoms with van der Waals surface area (Å²) in [5.41, 5.74) is 4.22. The minimum Gasteiger partial charge on any atom is -0.324 e. The van der Waals surface area contributed by atoms with Crippen LogP contribution in [0.5, 0.6) is 0 Å². The van der Waals surface area contributed by atoms with Gasteiger partial charge in [-0.15, -0.1) is 5.10 Å². The lowest BCUT2D eigenvalue weighted by molar-refractivity contribution is 0.789. The van der Waals surface area contributed by atoms with E-state index in [0.29, 0.717) is 0 Å². The summed E-state index contributed by atoms with van der Waals surface area (Å²) in [6, 6.07) is 7.45. The van der Waals surface area contributed by atoms with E-state index in [2.05, 4.69) is 21.0 Å². The molecule has 13 heavy (non-hydrogen) atoms. The molecule has 0 saturated heterocycles. The molecule has 0 atom stereocenters. The van der Waals surface area contributed by atoms with Crippen molar-refractivity contribution < 1.29 is 0 Å². The van der Waals surface area contributed by atoms with Crippen molar-refractivity contribution in [3.8, 4) is 5.69 Å². The first-order valence-corrected chi connectivity index (χ1v) is 3.70. The van der Waals surface area contributed by atoms with Gasteiger partial charge in [0.2, 0.25) is 0 Å². The average molecular weight is 176 g/mol. The highest BCUT2D eigenvalue weighted by atomic mass is 15.5. The number of aromatic nitrogens is 4. The number of hydrogen-bond acceptors (Lipinski definition) is 5. The number of benzene rings is 1. The molecule has 0 aliphatic heterocycles. The molecular weight excluding hydrogens is 168 g/mol. The molecule has 1 heterocycles. The highest BCUT2D eigenvalue weighted by Crippen LogP contribution is 2.11. The van der Waals surface area contributed by atoms with Gasteiger partial charge in [0.15, 0.2) is 0 Å². The number of hydrogen-bond donors (Lipinski definition) is 2. The van der Waals surface area contributed by atoms with Gasteiger partial charge in [0, 0.05) is 0 Å². The maximum atomic E-state index is 5.26. The van der Waals surface area contributed by atoms with Crippen molar-refractivity contribution in [1.82, 2.24) is 20.2 Å². The van der Waals surface area contributed by atoms with E-state index < -0.39 is 0 Å². The lowest BCUT2D eigenvalue weighted by Crippen LogP contribution is -2.07. The Morgan fingerprint density at radius 3 is 3.00 bits per heavy atom. The zero-order valence-corrected chi connectivity index (χ0v) is 6.75. The van der Waals surface area contributed by atoms with Gasteiger partial charge in [0.1, 0.15) is 6.33 Å². The Bertz CT molecular complexity index is 382. The molecule has 6 heteroatoms. The van der Waals surface area contributed by atoms with Crippen molar-refractivity contribution in [3.05, 3.63) is 30.6 Å². The molecule has 2 rings (SSSR count). The fourth-order valence-electron chi connectivity index (χ4n) is 1.02. The summed E-state index contributed by atoms with van der Waals surface area (Å²) in [6.07, 6.45) is 1.52. The molecule has 0 fully saturated rings. The lowest BCUT2D eigenvalue weighted by atomic mass is 10.3. The molecule has 6 nitrogen and oxygen atoms in total. The maximum Gasteiger partial charge on any atom is 0.143 e. The van der Waals surface area contributed by atoms with Crippen LogP contribution < -0.4 is 11.3 Å². The molecular formula is C7H8N6. The second-order valence-corrected chi connectivity index (χ2v) is 2.45. The van der Waals surface area contributed by atoms with Crippen molar-refractivity contribution in [2.24, 2.45) is 5.84 Å². The number of nitrogens with two attached hydrogens (primary N) is 1. The van der Waals surface area contributed by atoms with E-state index >= 15 is 0 Å². The Morgan fingerprint density at radius 2 is 2.31 bits per heavy atom. The number of nitrogens with one attached hydrogen (secondary N) is 1. The number of nitrogens with zero attached hydrogens (tertiary/aromatic N) is 4. The second kappa shape index (κ2) is 3.20. The topological polar surface area (TPSA) is 81.6 Å². The van der Waals surface area contributed by atoms with Gasteiger partial charge in [-0.3, -0.25) is 5.84 Å².